The van der Waals surface area contributed by atoms with Crippen LogP contribution in [0.4, 0.5) is 10.5 Å². The molecule has 2 N–H and O–H groups in total. The Labute approximate surface area is 180 Å². The number of nitrogens with one attached hydrogen (secondary N) is 2. The summed E-state index contributed by atoms with van der Waals surface area (Å²) in [6.07, 6.45) is 2.09. The minimum absolute atomic E-state index is 0.260. The molecular weight excluding hydrogens is 378 g/mol. The van der Waals surface area contributed by atoms with Gasteiger partial charge in [-0.3, -0.25) is 0 Å². The molecule has 0 atom stereocenters. The Morgan fingerprint density at radius 3 is 2.53 bits per heavy atom. The van der Waals surface area contributed by atoms with Crippen LogP contribution in [0.5, 0.6) is 11.5 Å². The van der Waals surface area contributed by atoms with Gasteiger partial charge in [0, 0.05) is 24.8 Å². The fourth-order valence-electron chi connectivity index (χ4n) is 3.10. The lowest BCUT2D eigenvalue weighted by Gasteiger charge is -2.14. The molecule has 6 heteroatoms. The molecule has 0 saturated heterocycles. The maximum atomic E-state index is 12.3. The van der Waals surface area contributed by atoms with Crippen molar-refractivity contribution in [2.45, 2.75) is 39.8 Å². The largest absolute Gasteiger partial charge is 0.493 e. The van der Waals surface area contributed by atoms with E-state index in [0.29, 0.717) is 36.3 Å². The molecule has 0 aliphatic carbocycles. The number of urea groups is 1. The third-order valence-electron chi connectivity index (χ3n) is 4.55. The highest BCUT2D eigenvalue weighted by molar-refractivity contribution is 5.89. The van der Waals surface area contributed by atoms with Crippen molar-refractivity contribution in [3.05, 3.63) is 53.6 Å². The summed E-state index contributed by atoms with van der Waals surface area (Å²) in [5.41, 5.74) is 2.94. The third kappa shape index (κ3) is 8.33. The SMILES string of the molecule is COc1ccc(NC(=O)NCc2cccc(CN(C)C)c2)cc1OCCCC(C)C. The van der Waals surface area contributed by atoms with Crippen LogP contribution in [-0.2, 0) is 13.1 Å². The number of ether oxygens (including phenoxy) is 2. The molecule has 0 aliphatic rings. The number of carbonyl (C=O) groups excluding carboxylic acids is 1. The summed E-state index contributed by atoms with van der Waals surface area (Å²) in [6.45, 7) is 6.34. The number of nitrogens with zero attached hydrogens (tertiary/aromatic N) is 1. The fraction of sp³-hybridized carbons (Fsp3) is 0.458. The van der Waals surface area contributed by atoms with Crippen LogP contribution < -0.4 is 20.1 Å². The average molecular weight is 414 g/mol. The van der Waals surface area contributed by atoms with Gasteiger partial charge in [0.2, 0.25) is 0 Å². The van der Waals surface area contributed by atoms with Gasteiger partial charge in [0.15, 0.2) is 11.5 Å². The third-order valence-corrected chi connectivity index (χ3v) is 4.55. The van der Waals surface area contributed by atoms with E-state index in [1.807, 2.05) is 26.2 Å². The van der Waals surface area contributed by atoms with Crippen LogP contribution >= 0.6 is 0 Å². The van der Waals surface area contributed by atoms with Gasteiger partial charge < -0.3 is 25.0 Å². The predicted molar refractivity (Wildman–Crippen MR) is 122 cm³/mol. The second-order valence-corrected chi connectivity index (χ2v) is 8.12. The van der Waals surface area contributed by atoms with Gasteiger partial charge in [-0.25, -0.2) is 4.79 Å². The molecule has 0 aromatic heterocycles. The number of hydrogen-bond acceptors (Lipinski definition) is 4. The molecule has 0 saturated carbocycles. The first-order chi connectivity index (χ1) is 14.4. The van der Waals surface area contributed by atoms with Gasteiger partial charge in [-0.15, -0.1) is 0 Å². The minimum atomic E-state index is -0.260. The summed E-state index contributed by atoms with van der Waals surface area (Å²) in [4.78, 5) is 14.5. The van der Waals surface area contributed by atoms with Crippen molar-refractivity contribution in [1.82, 2.24) is 10.2 Å². The number of benzene rings is 2. The second kappa shape index (κ2) is 12.1. The Balaban J connectivity index is 1.90. The Morgan fingerprint density at radius 1 is 1.07 bits per heavy atom. The van der Waals surface area contributed by atoms with E-state index in [9.17, 15) is 4.79 Å². The lowest BCUT2D eigenvalue weighted by Crippen LogP contribution is -2.28. The number of methoxy groups -OCH3 is 1. The second-order valence-electron chi connectivity index (χ2n) is 8.12. The zero-order valence-corrected chi connectivity index (χ0v) is 18.8. The number of hydrogen-bond donors (Lipinski definition) is 2. The smallest absolute Gasteiger partial charge is 0.319 e. The summed E-state index contributed by atoms with van der Waals surface area (Å²) in [6, 6.07) is 13.4. The van der Waals surface area contributed by atoms with E-state index in [-0.39, 0.29) is 6.03 Å². The summed E-state index contributed by atoms with van der Waals surface area (Å²) < 4.78 is 11.2. The molecule has 0 unspecified atom stereocenters. The van der Waals surface area contributed by atoms with Crippen LogP contribution in [0, 0.1) is 5.92 Å². The van der Waals surface area contributed by atoms with Crippen LogP contribution in [0.25, 0.3) is 0 Å². The average Bonchev–Trinajstić information content (AvgIpc) is 2.69. The van der Waals surface area contributed by atoms with Crippen LogP contribution in [-0.4, -0.2) is 38.7 Å². The van der Waals surface area contributed by atoms with Crippen LogP contribution in [0.3, 0.4) is 0 Å². The van der Waals surface area contributed by atoms with Crippen LogP contribution in [0.1, 0.15) is 37.8 Å². The number of anilines is 1. The summed E-state index contributed by atoms with van der Waals surface area (Å²) in [5, 5.41) is 5.77. The molecule has 0 radical (unpaired) electrons. The molecule has 6 nitrogen and oxygen atoms in total. The standard InChI is InChI=1S/C24H35N3O3/c1-18(2)8-7-13-30-23-15-21(11-12-22(23)29-5)26-24(28)25-16-19-9-6-10-20(14-19)17-27(3)4/h6,9-12,14-15,18H,7-8,13,16-17H2,1-5H3,(H2,25,26,28). The van der Waals surface area contributed by atoms with Crippen molar-refractivity contribution in [3.63, 3.8) is 0 Å². The molecule has 2 aromatic rings. The zero-order valence-electron chi connectivity index (χ0n) is 18.8. The lowest BCUT2D eigenvalue weighted by atomic mass is 10.1. The van der Waals surface area contributed by atoms with Crippen molar-refractivity contribution in [3.8, 4) is 11.5 Å². The zero-order chi connectivity index (χ0) is 21.9. The highest BCUT2D eigenvalue weighted by Crippen LogP contribution is 2.30. The highest BCUT2D eigenvalue weighted by atomic mass is 16.5. The normalized spacial score (nSPS) is 10.9. The van der Waals surface area contributed by atoms with Gasteiger partial charge in [-0.1, -0.05) is 38.1 Å². The molecule has 0 spiro atoms. The Kier molecular flexibility index (Phi) is 9.48. The molecule has 30 heavy (non-hydrogen) atoms. The van der Waals surface area contributed by atoms with E-state index in [2.05, 4.69) is 41.5 Å². The molecule has 2 amide bonds. The monoisotopic (exact) mass is 413 g/mol. The van der Waals surface area contributed by atoms with E-state index < -0.39 is 0 Å². The maximum absolute atomic E-state index is 12.3. The Hall–Kier alpha value is -2.73. The van der Waals surface area contributed by atoms with Gasteiger partial charge in [0.05, 0.1) is 13.7 Å². The molecule has 0 heterocycles. The van der Waals surface area contributed by atoms with E-state index in [1.165, 1.54) is 5.56 Å². The molecular formula is C24H35N3O3. The van der Waals surface area contributed by atoms with Gasteiger partial charge in [0.1, 0.15) is 0 Å². The summed E-state index contributed by atoms with van der Waals surface area (Å²) in [5.74, 6) is 1.94. The molecule has 164 valence electrons. The van der Waals surface area contributed by atoms with Gasteiger partial charge in [-0.05, 0) is 56.1 Å². The Morgan fingerprint density at radius 2 is 1.83 bits per heavy atom. The van der Waals surface area contributed by atoms with E-state index in [4.69, 9.17) is 9.47 Å². The number of rotatable bonds is 11. The quantitative estimate of drug-likeness (QED) is 0.515. The molecule has 0 aliphatic heterocycles. The predicted octanol–water partition coefficient (Wildman–Crippen LogP) is 4.89. The van der Waals surface area contributed by atoms with Gasteiger partial charge in [0.25, 0.3) is 0 Å². The van der Waals surface area contributed by atoms with Gasteiger partial charge >= 0.3 is 6.03 Å². The maximum Gasteiger partial charge on any atom is 0.319 e. The first kappa shape index (κ1) is 23.5. The Bertz CT molecular complexity index is 806. The topological polar surface area (TPSA) is 62.8 Å². The van der Waals surface area contributed by atoms with Crippen molar-refractivity contribution in [1.29, 1.82) is 0 Å². The van der Waals surface area contributed by atoms with Crippen molar-refractivity contribution in [2.75, 3.05) is 33.1 Å². The van der Waals surface area contributed by atoms with E-state index in [0.717, 1.165) is 24.9 Å². The molecule has 0 bridgehead atoms. The first-order valence-corrected chi connectivity index (χ1v) is 10.5. The van der Waals surface area contributed by atoms with Crippen molar-refractivity contribution < 1.29 is 14.3 Å². The molecule has 0 fully saturated rings. The summed E-state index contributed by atoms with van der Waals surface area (Å²) in [7, 11) is 5.69. The van der Waals surface area contributed by atoms with Gasteiger partial charge in [-0.2, -0.15) is 0 Å². The van der Waals surface area contributed by atoms with E-state index in [1.54, 1.807) is 25.3 Å². The van der Waals surface area contributed by atoms with E-state index >= 15 is 0 Å². The number of amides is 2. The molecule has 2 rings (SSSR count). The minimum Gasteiger partial charge on any atom is -0.493 e. The highest BCUT2D eigenvalue weighted by Gasteiger charge is 2.09. The lowest BCUT2D eigenvalue weighted by molar-refractivity contribution is 0.251. The van der Waals surface area contributed by atoms with Crippen molar-refractivity contribution >= 4 is 11.7 Å². The fourth-order valence-corrected chi connectivity index (χ4v) is 3.10. The van der Waals surface area contributed by atoms with Crippen molar-refractivity contribution in [2.24, 2.45) is 5.92 Å². The number of carbonyl (C=O) groups is 1. The van der Waals surface area contributed by atoms with Crippen LogP contribution in [0.15, 0.2) is 42.5 Å². The first-order valence-electron chi connectivity index (χ1n) is 10.5. The summed E-state index contributed by atoms with van der Waals surface area (Å²) >= 11 is 0. The van der Waals surface area contributed by atoms with Crippen LogP contribution in [0.2, 0.25) is 0 Å². The molecule has 2 aromatic carbocycles.